The van der Waals surface area contributed by atoms with Crippen molar-refractivity contribution in [3.63, 3.8) is 0 Å². The van der Waals surface area contributed by atoms with Crippen LogP contribution in [0, 0.1) is 18.8 Å². The third kappa shape index (κ3) is 3.66. The van der Waals surface area contributed by atoms with E-state index in [9.17, 15) is 9.70 Å². The summed E-state index contributed by atoms with van der Waals surface area (Å²) in [4.78, 5) is 29.0. The van der Waals surface area contributed by atoms with E-state index in [0.717, 1.165) is 34.9 Å². The number of fused-ring (bicyclic) bond motifs is 2. The molecule has 1 amide bonds. The Balaban J connectivity index is 1.43. The molecular weight excluding hydrogens is 452 g/mol. The van der Waals surface area contributed by atoms with Crippen molar-refractivity contribution in [2.24, 2.45) is 5.18 Å². The average molecular weight is 477 g/mol. The molecule has 0 aliphatic heterocycles. The molecule has 5 aromatic rings. The van der Waals surface area contributed by atoms with Gasteiger partial charge in [0.2, 0.25) is 0 Å². The molecule has 0 bridgehead atoms. The van der Waals surface area contributed by atoms with Crippen LogP contribution < -0.4 is 4.74 Å². The van der Waals surface area contributed by atoms with Gasteiger partial charge >= 0.3 is 5.91 Å². The lowest BCUT2D eigenvalue weighted by atomic mass is 9.77. The Kier molecular flexibility index (Phi) is 5.37. The van der Waals surface area contributed by atoms with Crippen molar-refractivity contribution in [3.05, 3.63) is 100.0 Å². The molecule has 1 saturated carbocycles. The Morgan fingerprint density at radius 2 is 1.75 bits per heavy atom. The predicted molar refractivity (Wildman–Crippen MR) is 139 cm³/mol. The number of ether oxygens (including phenoxy) is 1. The predicted octanol–water partition coefficient (Wildman–Crippen LogP) is 7.50. The largest absolute Gasteiger partial charge is 0.490 e. The maximum Gasteiger partial charge on any atom is 0.317 e. The number of para-hydroxylation sites is 1. The monoisotopic (exact) mass is 476 g/mol. The highest BCUT2D eigenvalue weighted by Crippen LogP contribution is 2.42. The first-order valence-electron chi connectivity index (χ1n) is 12.1. The van der Waals surface area contributed by atoms with E-state index in [1.165, 1.54) is 5.56 Å². The Morgan fingerprint density at radius 1 is 1.00 bits per heavy atom. The number of aryl methyl sites for hydroxylation is 2. The van der Waals surface area contributed by atoms with E-state index in [-0.39, 0.29) is 11.7 Å². The van der Waals surface area contributed by atoms with E-state index in [1.54, 1.807) is 6.07 Å². The number of nitroso groups, excluding NO2 is 1. The number of rotatable bonds is 5. The van der Waals surface area contributed by atoms with Gasteiger partial charge in [0.25, 0.3) is 0 Å². The lowest BCUT2D eigenvalue weighted by Crippen LogP contribution is -2.32. The molecule has 178 valence electrons. The van der Waals surface area contributed by atoms with E-state index in [4.69, 9.17) is 14.1 Å². The Hall–Kier alpha value is -4.32. The molecule has 6 rings (SSSR count). The summed E-state index contributed by atoms with van der Waals surface area (Å²) in [5.74, 6) is 0.697. The van der Waals surface area contributed by atoms with Crippen molar-refractivity contribution in [1.82, 2.24) is 4.98 Å². The van der Waals surface area contributed by atoms with Crippen LogP contribution in [0.2, 0.25) is 0 Å². The molecule has 0 unspecified atom stereocenters. The van der Waals surface area contributed by atoms with Gasteiger partial charge in [0.15, 0.2) is 5.76 Å². The van der Waals surface area contributed by atoms with Crippen LogP contribution in [0.15, 0.2) is 82.4 Å². The van der Waals surface area contributed by atoms with Crippen molar-refractivity contribution >= 4 is 27.8 Å². The number of hydrogen-bond acceptors (Lipinski definition) is 5. The zero-order valence-corrected chi connectivity index (χ0v) is 20.0. The second kappa shape index (κ2) is 8.72. The van der Waals surface area contributed by atoms with E-state index >= 15 is 0 Å². The maximum atomic E-state index is 12.7. The minimum atomic E-state index is -0.858. The van der Waals surface area contributed by atoms with Crippen molar-refractivity contribution in [2.75, 3.05) is 0 Å². The van der Waals surface area contributed by atoms with Gasteiger partial charge in [0.1, 0.15) is 17.0 Å². The number of amides is 1. The fourth-order valence-electron chi connectivity index (χ4n) is 5.13. The topological polar surface area (TPSA) is 81.8 Å². The summed E-state index contributed by atoms with van der Waals surface area (Å²) < 4.78 is 12.5. The number of pyridine rings is 1. The number of aromatic nitrogens is 1. The molecule has 1 fully saturated rings. The van der Waals surface area contributed by atoms with Gasteiger partial charge in [-0.3, -0.25) is 4.79 Å². The Morgan fingerprint density at radius 3 is 2.50 bits per heavy atom. The molecule has 2 heterocycles. The third-order valence-electron chi connectivity index (χ3n) is 7.17. The summed E-state index contributed by atoms with van der Waals surface area (Å²) in [6.07, 6.45) is 1.79. The van der Waals surface area contributed by atoms with Crippen LogP contribution in [0.4, 0.5) is 0 Å². The summed E-state index contributed by atoms with van der Waals surface area (Å²) in [5.41, 5.74) is 5.07. The van der Waals surface area contributed by atoms with E-state index in [2.05, 4.69) is 17.3 Å². The van der Waals surface area contributed by atoms with Crippen molar-refractivity contribution in [1.29, 1.82) is 0 Å². The molecule has 6 nitrogen and oxygen atoms in total. The summed E-state index contributed by atoms with van der Waals surface area (Å²) >= 11 is 0. The first kappa shape index (κ1) is 22.2. The number of hydrogen-bond donors (Lipinski definition) is 0. The van der Waals surface area contributed by atoms with Crippen LogP contribution in [0.3, 0.4) is 0 Å². The van der Waals surface area contributed by atoms with Crippen molar-refractivity contribution in [3.8, 4) is 17.2 Å². The fourth-order valence-corrected chi connectivity index (χ4v) is 5.13. The molecule has 3 aromatic carbocycles. The summed E-state index contributed by atoms with van der Waals surface area (Å²) in [6, 6.07) is 23.5. The van der Waals surface area contributed by atoms with Crippen LogP contribution in [0.25, 0.3) is 33.3 Å². The zero-order chi connectivity index (χ0) is 24.8. The van der Waals surface area contributed by atoms with Gasteiger partial charge in [0, 0.05) is 16.1 Å². The van der Waals surface area contributed by atoms with Crippen LogP contribution in [0.1, 0.15) is 45.8 Å². The second-order valence-corrected chi connectivity index (χ2v) is 9.43. The second-order valence-electron chi connectivity index (χ2n) is 9.43. The molecule has 6 heteroatoms. The quantitative estimate of drug-likeness (QED) is 0.245. The molecule has 0 radical (unpaired) electrons. The third-order valence-corrected chi connectivity index (χ3v) is 7.17. The van der Waals surface area contributed by atoms with Crippen LogP contribution >= 0.6 is 0 Å². The van der Waals surface area contributed by atoms with Crippen LogP contribution in [-0.2, 0) is 0 Å². The first-order chi connectivity index (χ1) is 17.5. The van der Waals surface area contributed by atoms with E-state index in [1.807, 2.05) is 68.4 Å². The molecule has 0 spiro atoms. The molecule has 1 aliphatic rings. The SMILES string of the molecule is Cc1c(-c2cc(C(=O)N=O)c3c(O[C@H]4C[C@H](c5ccccc5)C4)ccc(C)c3n2)oc2ccccc12. The van der Waals surface area contributed by atoms with Crippen molar-refractivity contribution < 1.29 is 13.9 Å². The molecule has 0 saturated heterocycles. The van der Waals surface area contributed by atoms with Gasteiger partial charge in [-0.2, -0.15) is 0 Å². The highest BCUT2D eigenvalue weighted by atomic mass is 16.5. The lowest BCUT2D eigenvalue weighted by Gasteiger charge is -2.36. The molecule has 36 heavy (non-hydrogen) atoms. The van der Waals surface area contributed by atoms with Gasteiger partial charge in [-0.25, -0.2) is 4.98 Å². The Bertz CT molecular complexity index is 1630. The van der Waals surface area contributed by atoms with Crippen LogP contribution in [-0.4, -0.2) is 17.0 Å². The molecule has 1 aliphatic carbocycles. The highest BCUT2D eigenvalue weighted by molar-refractivity contribution is 6.10. The number of carbonyl (C=O) groups excluding carboxylic acids is 1. The van der Waals surface area contributed by atoms with Gasteiger partial charge < -0.3 is 9.15 Å². The van der Waals surface area contributed by atoms with E-state index in [0.29, 0.717) is 34.0 Å². The highest BCUT2D eigenvalue weighted by Gasteiger charge is 2.33. The van der Waals surface area contributed by atoms with Gasteiger partial charge in [-0.05, 0) is 61.9 Å². The number of benzene rings is 3. The smallest absolute Gasteiger partial charge is 0.317 e. The average Bonchev–Trinajstić information content (AvgIpc) is 3.23. The maximum absolute atomic E-state index is 12.7. The fraction of sp³-hybridized carbons (Fsp3) is 0.200. The van der Waals surface area contributed by atoms with Crippen molar-refractivity contribution in [2.45, 2.75) is 38.7 Å². The minimum absolute atomic E-state index is 0.0190. The zero-order valence-electron chi connectivity index (χ0n) is 20.0. The number of carbonyl (C=O) groups is 1. The number of furan rings is 1. The molecular formula is C30H24N2O4. The van der Waals surface area contributed by atoms with Crippen LogP contribution in [0.5, 0.6) is 5.75 Å². The molecule has 0 N–H and O–H groups in total. The van der Waals surface area contributed by atoms with Gasteiger partial charge in [-0.1, -0.05) is 54.6 Å². The minimum Gasteiger partial charge on any atom is -0.490 e. The summed E-state index contributed by atoms with van der Waals surface area (Å²) in [7, 11) is 0. The summed E-state index contributed by atoms with van der Waals surface area (Å²) in [6.45, 7) is 3.88. The molecule has 0 atom stereocenters. The van der Waals surface area contributed by atoms with E-state index < -0.39 is 5.91 Å². The molecule has 2 aromatic heterocycles. The standard InChI is InChI=1S/C30H24N2O4/c1-17-12-13-26(35-21-14-20(15-21)19-8-4-3-5-9-19)27-23(30(33)32-34)16-24(31-28(17)27)29-18(2)22-10-6-7-11-25(22)36-29/h3-13,16,20-21H,14-15H2,1-2H3/t20-,21-. The Labute approximate surface area is 207 Å². The normalized spacial score (nSPS) is 17.2. The van der Waals surface area contributed by atoms with Gasteiger partial charge in [-0.15, -0.1) is 4.91 Å². The number of nitrogens with zero attached hydrogens (tertiary/aromatic N) is 2. The summed E-state index contributed by atoms with van der Waals surface area (Å²) in [5, 5.41) is 4.23. The lowest BCUT2D eigenvalue weighted by molar-refractivity contribution is 0.0981. The first-order valence-corrected chi connectivity index (χ1v) is 12.1. The van der Waals surface area contributed by atoms with Gasteiger partial charge in [0.05, 0.1) is 22.6 Å².